The van der Waals surface area contributed by atoms with Crippen LogP contribution in [0.4, 0.5) is 16.2 Å². The number of hydrogen-bond donors (Lipinski definition) is 3. The van der Waals surface area contributed by atoms with E-state index in [1.807, 2.05) is 60.0 Å². The van der Waals surface area contributed by atoms with Crippen molar-refractivity contribution >= 4 is 34.6 Å². The van der Waals surface area contributed by atoms with Gasteiger partial charge in [0.15, 0.2) is 0 Å². The number of amides is 1. The van der Waals surface area contributed by atoms with E-state index in [4.69, 9.17) is 10.1 Å². The fourth-order valence-corrected chi connectivity index (χ4v) is 2.95. The van der Waals surface area contributed by atoms with E-state index in [-0.39, 0.29) is 0 Å². The summed E-state index contributed by atoms with van der Waals surface area (Å²) in [5.74, 6) is 0.383. The SMILES string of the molecule is N=C(Nc1ccc(CCOC(=O)Nc2ccccc2)cc1)c1cccs1. The molecule has 3 rings (SSSR count). The van der Waals surface area contributed by atoms with Gasteiger partial charge in [0.2, 0.25) is 0 Å². The van der Waals surface area contributed by atoms with Crippen LogP contribution in [0.5, 0.6) is 0 Å². The number of ether oxygens (including phenoxy) is 1. The highest BCUT2D eigenvalue weighted by atomic mass is 32.1. The monoisotopic (exact) mass is 365 g/mol. The summed E-state index contributed by atoms with van der Waals surface area (Å²) in [6.07, 6.45) is 0.170. The highest BCUT2D eigenvalue weighted by Gasteiger charge is 2.04. The van der Waals surface area contributed by atoms with Crippen molar-refractivity contribution in [1.82, 2.24) is 0 Å². The molecule has 2 aromatic carbocycles. The molecule has 0 saturated carbocycles. The lowest BCUT2D eigenvalue weighted by atomic mass is 10.1. The standard InChI is InChI=1S/C20H19N3O2S/c21-19(18-7-4-14-26-18)22-17-10-8-15(9-11-17)12-13-25-20(24)23-16-5-2-1-3-6-16/h1-11,14H,12-13H2,(H2,21,22)(H,23,24). The first-order valence-electron chi connectivity index (χ1n) is 8.18. The number of benzene rings is 2. The smallest absolute Gasteiger partial charge is 0.411 e. The Morgan fingerprint density at radius 1 is 0.923 bits per heavy atom. The van der Waals surface area contributed by atoms with Crippen LogP contribution in [0, 0.1) is 5.41 Å². The Labute approximate surface area is 156 Å². The van der Waals surface area contributed by atoms with Crippen LogP contribution in [0.25, 0.3) is 0 Å². The summed E-state index contributed by atoms with van der Waals surface area (Å²) in [5, 5.41) is 15.7. The van der Waals surface area contributed by atoms with Gasteiger partial charge in [-0.2, -0.15) is 0 Å². The highest BCUT2D eigenvalue weighted by molar-refractivity contribution is 7.12. The Kier molecular flexibility index (Phi) is 6.01. The van der Waals surface area contributed by atoms with E-state index in [0.717, 1.165) is 16.1 Å². The first kappa shape index (κ1) is 17.7. The van der Waals surface area contributed by atoms with Gasteiger partial charge < -0.3 is 10.1 Å². The number of carbonyl (C=O) groups excluding carboxylic acids is 1. The molecule has 1 heterocycles. The number of anilines is 2. The molecule has 1 amide bonds. The van der Waals surface area contributed by atoms with Crippen molar-refractivity contribution in [1.29, 1.82) is 5.41 Å². The molecule has 3 aromatic rings. The molecule has 0 fully saturated rings. The zero-order valence-electron chi connectivity index (χ0n) is 14.1. The molecule has 0 aliphatic carbocycles. The lowest BCUT2D eigenvalue weighted by molar-refractivity contribution is 0.163. The third-order valence-corrected chi connectivity index (χ3v) is 4.52. The predicted octanol–water partition coefficient (Wildman–Crippen LogP) is 4.98. The number of para-hydroxylation sites is 1. The molecular weight excluding hydrogens is 346 g/mol. The highest BCUT2D eigenvalue weighted by Crippen LogP contribution is 2.14. The molecular formula is C20H19N3O2S. The molecule has 1 aromatic heterocycles. The molecule has 0 radical (unpaired) electrons. The molecule has 26 heavy (non-hydrogen) atoms. The van der Waals surface area contributed by atoms with Crippen LogP contribution in [0.3, 0.4) is 0 Å². The van der Waals surface area contributed by atoms with Gasteiger partial charge in [0.1, 0.15) is 5.84 Å². The van der Waals surface area contributed by atoms with Crippen molar-refractivity contribution in [2.45, 2.75) is 6.42 Å². The maximum Gasteiger partial charge on any atom is 0.411 e. The summed E-state index contributed by atoms with van der Waals surface area (Å²) in [6, 6.07) is 20.8. The van der Waals surface area contributed by atoms with E-state index >= 15 is 0 Å². The summed E-state index contributed by atoms with van der Waals surface area (Å²) in [5.41, 5.74) is 2.63. The molecule has 0 spiro atoms. The summed E-state index contributed by atoms with van der Waals surface area (Å²) < 4.78 is 5.20. The molecule has 0 unspecified atom stereocenters. The van der Waals surface area contributed by atoms with Crippen LogP contribution >= 0.6 is 11.3 Å². The van der Waals surface area contributed by atoms with Crippen LogP contribution in [0.1, 0.15) is 10.4 Å². The third-order valence-electron chi connectivity index (χ3n) is 3.63. The average molecular weight is 365 g/mol. The second kappa shape index (κ2) is 8.82. The maximum absolute atomic E-state index is 11.7. The van der Waals surface area contributed by atoms with Gasteiger partial charge in [-0.05, 0) is 41.3 Å². The first-order valence-corrected chi connectivity index (χ1v) is 9.06. The maximum atomic E-state index is 11.7. The minimum Gasteiger partial charge on any atom is -0.449 e. The van der Waals surface area contributed by atoms with Gasteiger partial charge in [-0.3, -0.25) is 10.7 Å². The quantitative estimate of drug-likeness (QED) is 0.426. The topological polar surface area (TPSA) is 74.2 Å². The lowest BCUT2D eigenvalue weighted by Crippen LogP contribution is -2.15. The van der Waals surface area contributed by atoms with E-state index in [1.54, 1.807) is 12.1 Å². The van der Waals surface area contributed by atoms with Crippen LogP contribution in [0.2, 0.25) is 0 Å². The van der Waals surface area contributed by atoms with Gasteiger partial charge in [0.05, 0.1) is 11.5 Å². The van der Waals surface area contributed by atoms with Crippen molar-refractivity contribution in [2.75, 3.05) is 17.2 Å². The Morgan fingerprint density at radius 2 is 1.65 bits per heavy atom. The molecule has 0 aliphatic heterocycles. The number of amidine groups is 1. The summed E-state index contributed by atoms with van der Waals surface area (Å²) in [4.78, 5) is 12.6. The lowest BCUT2D eigenvalue weighted by Gasteiger charge is -2.09. The Bertz CT molecular complexity index is 847. The van der Waals surface area contributed by atoms with Gasteiger partial charge in [0, 0.05) is 17.8 Å². The minimum atomic E-state index is -0.459. The van der Waals surface area contributed by atoms with Crippen LogP contribution in [0.15, 0.2) is 72.1 Å². The van der Waals surface area contributed by atoms with Crippen molar-refractivity contribution in [2.24, 2.45) is 0 Å². The van der Waals surface area contributed by atoms with E-state index in [2.05, 4.69) is 10.6 Å². The molecule has 132 valence electrons. The fourth-order valence-electron chi connectivity index (χ4n) is 2.32. The zero-order chi connectivity index (χ0) is 18.2. The molecule has 0 aliphatic rings. The van der Waals surface area contributed by atoms with Crippen molar-refractivity contribution in [3.05, 3.63) is 82.6 Å². The first-order chi connectivity index (χ1) is 12.7. The van der Waals surface area contributed by atoms with Gasteiger partial charge in [0.25, 0.3) is 0 Å². The number of thiophene rings is 1. The van der Waals surface area contributed by atoms with Crippen LogP contribution in [-0.4, -0.2) is 18.5 Å². The molecule has 0 bridgehead atoms. The summed E-state index contributed by atoms with van der Waals surface area (Å²) >= 11 is 1.53. The minimum absolute atomic E-state index is 0.302. The van der Waals surface area contributed by atoms with Crippen molar-refractivity contribution < 1.29 is 9.53 Å². The van der Waals surface area contributed by atoms with Gasteiger partial charge in [-0.25, -0.2) is 4.79 Å². The summed E-state index contributed by atoms with van der Waals surface area (Å²) in [6.45, 7) is 0.302. The Morgan fingerprint density at radius 3 is 2.35 bits per heavy atom. The van der Waals surface area contributed by atoms with E-state index < -0.39 is 6.09 Å². The van der Waals surface area contributed by atoms with Crippen LogP contribution in [-0.2, 0) is 11.2 Å². The zero-order valence-corrected chi connectivity index (χ0v) is 14.9. The molecule has 5 nitrogen and oxygen atoms in total. The van der Waals surface area contributed by atoms with Crippen molar-refractivity contribution in [3.8, 4) is 0 Å². The van der Waals surface area contributed by atoms with Gasteiger partial charge in [-0.1, -0.05) is 36.4 Å². The van der Waals surface area contributed by atoms with E-state index in [0.29, 0.717) is 24.6 Å². The van der Waals surface area contributed by atoms with Crippen molar-refractivity contribution in [3.63, 3.8) is 0 Å². The summed E-state index contributed by atoms with van der Waals surface area (Å²) in [7, 11) is 0. The number of nitrogens with one attached hydrogen (secondary N) is 3. The average Bonchev–Trinajstić information content (AvgIpc) is 3.19. The van der Waals surface area contributed by atoms with Gasteiger partial charge >= 0.3 is 6.09 Å². The molecule has 0 atom stereocenters. The van der Waals surface area contributed by atoms with E-state index in [9.17, 15) is 4.79 Å². The Hall–Kier alpha value is -3.12. The third kappa shape index (κ3) is 5.19. The second-order valence-electron chi connectivity index (χ2n) is 5.55. The fraction of sp³-hybridized carbons (Fsp3) is 0.100. The largest absolute Gasteiger partial charge is 0.449 e. The molecule has 6 heteroatoms. The Balaban J connectivity index is 1.43. The van der Waals surface area contributed by atoms with Gasteiger partial charge in [-0.15, -0.1) is 11.3 Å². The normalized spacial score (nSPS) is 10.2. The molecule has 0 saturated heterocycles. The number of carbonyl (C=O) groups is 1. The predicted molar refractivity (Wildman–Crippen MR) is 106 cm³/mol. The number of hydrogen-bond acceptors (Lipinski definition) is 4. The second-order valence-corrected chi connectivity index (χ2v) is 6.50. The molecule has 3 N–H and O–H groups in total. The van der Waals surface area contributed by atoms with Crippen LogP contribution < -0.4 is 10.6 Å². The van der Waals surface area contributed by atoms with E-state index in [1.165, 1.54) is 11.3 Å². The number of rotatable bonds is 6.